The van der Waals surface area contributed by atoms with E-state index >= 15 is 0 Å². The second kappa shape index (κ2) is 2.81. The quantitative estimate of drug-likeness (QED) is 0.530. The maximum absolute atomic E-state index is 11.0. The third kappa shape index (κ3) is 2.00. The molecule has 0 saturated heterocycles. The summed E-state index contributed by atoms with van der Waals surface area (Å²) >= 11 is 0. The molecule has 0 heterocycles. The average Bonchev–Trinajstić information content (AvgIpc) is 1.86. The molecule has 0 unspecified atom stereocenters. The van der Waals surface area contributed by atoms with Gasteiger partial charge in [0.05, 0.1) is 0 Å². The fourth-order valence-electron chi connectivity index (χ4n) is 0.569. The maximum Gasteiger partial charge on any atom is 0.141 e. The van der Waals surface area contributed by atoms with Gasteiger partial charge in [-0.05, 0) is 13.8 Å². The van der Waals surface area contributed by atoms with Gasteiger partial charge in [0.15, 0.2) is 0 Å². The van der Waals surface area contributed by atoms with Crippen molar-refractivity contribution in [1.29, 1.82) is 0 Å². The van der Waals surface area contributed by atoms with Crippen molar-refractivity contribution >= 4 is 5.78 Å². The second-order valence-electron chi connectivity index (χ2n) is 2.70. The molecular formula is C8H14O. The van der Waals surface area contributed by atoms with Gasteiger partial charge in [-0.2, -0.15) is 0 Å². The fraction of sp³-hybridized carbons (Fsp3) is 0.625. The van der Waals surface area contributed by atoms with Crippen LogP contribution in [0.3, 0.4) is 0 Å². The van der Waals surface area contributed by atoms with Crippen LogP contribution in [0.2, 0.25) is 0 Å². The number of carbonyl (C=O) groups is 1. The normalized spacial score (nSPS) is 11.0. The molecule has 0 aliphatic carbocycles. The first-order valence-electron chi connectivity index (χ1n) is 3.21. The van der Waals surface area contributed by atoms with Gasteiger partial charge in [-0.25, -0.2) is 0 Å². The highest BCUT2D eigenvalue weighted by Gasteiger charge is 2.20. The summed E-state index contributed by atoms with van der Waals surface area (Å²) in [7, 11) is 0. The van der Waals surface area contributed by atoms with Crippen molar-refractivity contribution in [3.63, 3.8) is 0 Å². The molecule has 0 bridgehead atoms. The van der Waals surface area contributed by atoms with E-state index in [0.29, 0.717) is 6.42 Å². The molecule has 0 aromatic carbocycles. The van der Waals surface area contributed by atoms with Crippen LogP contribution in [-0.4, -0.2) is 5.78 Å². The smallest absolute Gasteiger partial charge is 0.141 e. The molecule has 0 aliphatic rings. The van der Waals surface area contributed by atoms with Crippen molar-refractivity contribution in [2.75, 3.05) is 0 Å². The number of hydrogen-bond donors (Lipinski definition) is 0. The van der Waals surface area contributed by atoms with Crippen LogP contribution in [0.15, 0.2) is 12.7 Å². The molecule has 52 valence electrons. The van der Waals surface area contributed by atoms with E-state index in [0.717, 1.165) is 0 Å². The third-order valence-electron chi connectivity index (χ3n) is 1.55. The van der Waals surface area contributed by atoms with E-state index in [2.05, 4.69) is 6.58 Å². The predicted molar refractivity (Wildman–Crippen MR) is 39.3 cm³/mol. The molecule has 0 fully saturated rings. The van der Waals surface area contributed by atoms with Gasteiger partial charge >= 0.3 is 0 Å². The first kappa shape index (κ1) is 8.41. The van der Waals surface area contributed by atoms with Crippen LogP contribution in [0.1, 0.15) is 27.2 Å². The molecule has 0 aromatic heterocycles. The largest absolute Gasteiger partial charge is 0.299 e. The van der Waals surface area contributed by atoms with Crippen LogP contribution in [0.5, 0.6) is 0 Å². The van der Waals surface area contributed by atoms with Crippen LogP contribution < -0.4 is 0 Å². The first-order valence-corrected chi connectivity index (χ1v) is 3.21. The summed E-state index contributed by atoms with van der Waals surface area (Å²) in [5, 5.41) is 0. The molecule has 9 heavy (non-hydrogen) atoms. The van der Waals surface area contributed by atoms with Gasteiger partial charge in [0.2, 0.25) is 0 Å². The lowest BCUT2D eigenvalue weighted by molar-refractivity contribution is -0.124. The Kier molecular flexibility index (Phi) is 2.63. The zero-order chi connectivity index (χ0) is 7.49. The van der Waals surface area contributed by atoms with Crippen molar-refractivity contribution in [3.05, 3.63) is 12.7 Å². The molecule has 1 heteroatoms. The van der Waals surface area contributed by atoms with E-state index in [9.17, 15) is 4.79 Å². The molecular weight excluding hydrogens is 112 g/mol. The molecule has 0 saturated carbocycles. The maximum atomic E-state index is 11.0. The predicted octanol–water partition coefficient (Wildman–Crippen LogP) is 2.18. The molecule has 0 amide bonds. The first-order chi connectivity index (χ1) is 4.04. The molecule has 0 radical (unpaired) electrons. The molecule has 0 atom stereocenters. The summed E-state index contributed by atoms with van der Waals surface area (Å²) < 4.78 is 0. The number of ketones is 1. The molecule has 0 rings (SSSR count). The lowest BCUT2D eigenvalue weighted by Gasteiger charge is -2.15. The van der Waals surface area contributed by atoms with Crippen LogP contribution >= 0.6 is 0 Å². The van der Waals surface area contributed by atoms with E-state index in [1.807, 2.05) is 20.8 Å². The summed E-state index contributed by atoms with van der Waals surface area (Å²) in [6.07, 6.45) is 2.29. The fourth-order valence-corrected chi connectivity index (χ4v) is 0.569. The minimum Gasteiger partial charge on any atom is -0.299 e. The van der Waals surface area contributed by atoms with Gasteiger partial charge < -0.3 is 0 Å². The number of rotatable bonds is 3. The van der Waals surface area contributed by atoms with Crippen LogP contribution in [0, 0.1) is 5.41 Å². The van der Waals surface area contributed by atoms with Crippen molar-refractivity contribution in [3.8, 4) is 0 Å². The minimum atomic E-state index is -0.325. The molecule has 0 aliphatic heterocycles. The van der Waals surface area contributed by atoms with Gasteiger partial charge in [0.25, 0.3) is 0 Å². The van der Waals surface area contributed by atoms with Crippen molar-refractivity contribution in [2.45, 2.75) is 27.2 Å². The second-order valence-corrected chi connectivity index (χ2v) is 2.70. The summed E-state index contributed by atoms with van der Waals surface area (Å²) in [5.41, 5.74) is -0.325. The Hall–Kier alpha value is -0.590. The molecule has 0 spiro atoms. The Morgan fingerprint density at radius 1 is 1.67 bits per heavy atom. The SMILES string of the molecule is C=CC(C)(C)C(=O)CC. The monoisotopic (exact) mass is 126 g/mol. The Morgan fingerprint density at radius 2 is 2.11 bits per heavy atom. The van der Waals surface area contributed by atoms with Crippen LogP contribution in [0.4, 0.5) is 0 Å². The highest BCUT2D eigenvalue weighted by molar-refractivity contribution is 5.85. The lowest BCUT2D eigenvalue weighted by atomic mass is 9.87. The zero-order valence-electron chi connectivity index (χ0n) is 6.40. The van der Waals surface area contributed by atoms with Crippen molar-refractivity contribution in [1.82, 2.24) is 0 Å². The number of carbonyl (C=O) groups excluding carboxylic acids is 1. The van der Waals surface area contributed by atoms with Gasteiger partial charge in [0.1, 0.15) is 5.78 Å². The minimum absolute atomic E-state index is 0.248. The number of Topliss-reactive ketones (excluding diaryl/α,β-unsaturated/α-hetero) is 1. The lowest BCUT2D eigenvalue weighted by Crippen LogP contribution is -2.19. The highest BCUT2D eigenvalue weighted by atomic mass is 16.1. The van der Waals surface area contributed by atoms with Crippen LogP contribution in [-0.2, 0) is 4.79 Å². The summed E-state index contributed by atoms with van der Waals surface area (Å²) in [4.78, 5) is 11.0. The van der Waals surface area contributed by atoms with E-state index in [4.69, 9.17) is 0 Å². The zero-order valence-corrected chi connectivity index (χ0v) is 6.40. The van der Waals surface area contributed by atoms with E-state index < -0.39 is 0 Å². The molecule has 0 aromatic rings. The van der Waals surface area contributed by atoms with Crippen LogP contribution in [0.25, 0.3) is 0 Å². The molecule has 1 nitrogen and oxygen atoms in total. The third-order valence-corrected chi connectivity index (χ3v) is 1.55. The van der Waals surface area contributed by atoms with Gasteiger partial charge in [-0.1, -0.05) is 13.0 Å². The van der Waals surface area contributed by atoms with E-state index in [-0.39, 0.29) is 11.2 Å². The average molecular weight is 126 g/mol. The van der Waals surface area contributed by atoms with Gasteiger partial charge in [0, 0.05) is 11.8 Å². The summed E-state index contributed by atoms with van der Waals surface area (Å²) in [6, 6.07) is 0. The van der Waals surface area contributed by atoms with E-state index in [1.54, 1.807) is 6.08 Å². The Labute approximate surface area is 56.8 Å². The highest BCUT2D eigenvalue weighted by Crippen LogP contribution is 2.18. The Balaban J connectivity index is 4.14. The summed E-state index contributed by atoms with van der Waals surface area (Å²) in [5.74, 6) is 0.248. The molecule has 0 N–H and O–H groups in total. The van der Waals surface area contributed by atoms with E-state index in [1.165, 1.54) is 0 Å². The van der Waals surface area contributed by atoms with Gasteiger partial charge in [-0.15, -0.1) is 6.58 Å². The van der Waals surface area contributed by atoms with Gasteiger partial charge in [-0.3, -0.25) is 4.79 Å². The van der Waals surface area contributed by atoms with Crippen molar-refractivity contribution < 1.29 is 4.79 Å². The standard InChI is InChI=1S/C8H14O/c1-5-7(9)8(3,4)6-2/h6H,2,5H2,1,3-4H3. The van der Waals surface area contributed by atoms with Crippen molar-refractivity contribution in [2.24, 2.45) is 5.41 Å². The Bertz CT molecular complexity index is 123. The topological polar surface area (TPSA) is 17.1 Å². The summed E-state index contributed by atoms with van der Waals surface area (Å²) in [6.45, 7) is 9.21. The number of hydrogen-bond acceptors (Lipinski definition) is 1. The number of allylic oxidation sites excluding steroid dienone is 1. The Morgan fingerprint density at radius 3 is 2.22 bits per heavy atom.